The van der Waals surface area contributed by atoms with Gasteiger partial charge in [0.25, 0.3) is 0 Å². The molecule has 0 radical (unpaired) electrons. The summed E-state index contributed by atoms with van der Waals surface area (Å²) >= 11 is 0. The summed E-state index contributed by atoms with van der Waals surface area (Å²) in [6, 6.07) is 1.71. The summed E-state index contributed by atoms with van der Waals surface area (Å²) < 4.78 is 1.81. The normalized spacial score (nSPS) is 14.7. The maximum Gasteiger partial charge on any atom is 0.218 e. The molecule has 1 aliphatic carbocycles. The lowest BCUT2D eigenvalue weighted by Crippen LogP contribution is -2.09. The summed E-state index contributed by atoms with van der Waals surface area (Å²) in [4.78, 5) is 19.8. The van der Waals surface area contributed by atoms with Crippen molar-refractivity contribution in [3.63, 3.8) is 0 Å². The summed E-state index contributed by atoms with van der Waals surface area (Å²) in [6.45, 7) is 0.883. The van der Waals surface area contributed by atoms with Crippen molar-refractivity contribution in [1.82, 2.24) is 19.7 Å². The Morgan fingerprint density at radius 2 is 2.33 bits per heavy atom. The van der Waals surface area contributed by atoms with E-state index in [-0.39, 0.29) is 11.6 Å². The maximum atomic E-state index is 12.1. The minimum absolute atomic E-state index is 0.187. The molecule has 0 aromatic carbocycles. The highest BCUT2D eigenvalue weighted by atomic mass is 16.1. The molecule has 2 aromatic heterocycles. The van der Waals surface area contributed by atoms with Crippen LogP contribution in [0.1, 0.15) is 28.9 Å². The number of aromatic nitrogens is 4. The van der Waals surface area contributed by atoms with Gasteiger partial charge < -0.3 is 5.73 Å². The van der Waals surface area contributed by atoms with E-state index < -0.39 is 0 Å². The lowest BCUT2D eigenvalue weighted by molar-refractivity contribution is 0.103. The minimum atomic E-state index is -0.234. The second-order valence-corrected chi connectivity index (χ2v) is 4.52. The van der Waals surface area contributed by atoms with Crippen molar-refractivity contribution in [1.29, 1.82) is 0 Å². The molecule has 2 heterocycles. The van der Waals surface area contributed by atoms with Crippen LogP contribution in [0.3, 0.4) is 0 Å². The standard InChI is InChI=1S/C12H13N5O/c13-12-9(5-14-7-15-12)11(18)10-3-4-17(16-10)6-8-1-2-8/h3-5,7-8H,1-2,6H2,(H2,13,14,15). The molecule has 6 nitrogen and oxygen atoms in total. The van der Waals surface area contributed by atoms with Gasteiger partial charge in [-0.3, -0.25) is 9.48 Å². The molecule has 0 saturated heterocycles. The Labute approximate surface area is 104 Å². The van der Waals surface area contributed by atoms with Crippen molar-refractivity contribution in [2.24, 2.45) is 5.92 Å². The van der Waals surface area contributed by atoms with Gasteiger partial charge in [0, 0.05) is 18.9 Å². The summed E-state index contributed by atoms with van der Waals surface area (Å²) in [6.07, 6.45) is 7.07. The first-order valence-electron chi connectivity index (χ1n) is 5.87. The molecule has 2 aromatic rings. The number of rotatable bonds is 4. The van der Waals surface area contributed by atoms with Crippen LogP contribution in [0.2, 0.25) is 0 Å². The van der Waals surface area contributed by atoms with Gasteiger partial charge in [-0.05, 0) is 24.8 Å². The van der Waals surface area contributed by atoms with Crippen molar-refractivity contribution in [2.45, 2.75) is 19.4 Å². The highest BCUT2D eigenvalue weighted by molar-refractivity contribution is 6.10. The molecule has 0 atom stereocenters. The molecule has 2 N–H and O–H groups in total. The Morgan fingerprint density at radius 1 is 1.50 bits per heavy atom. The van der Waals surface area contributed by atoms with Crippen molar-refractivity contribution in [3.05, 3.63) is 36.0 Å². The zero-order valence-electron chi connectivity index (χ0n) is 9.78. The van der Waals surface area contributed by atoms with Crippen LogP contribution in [0.15, 0.2) is 24.8 Å². The van der Waals surface area contributed by atoms with E-state index in [1.807, 2.05) is 10.9 Å². The SMILES string of the molecule is Nc1ncncc1C(=O)c1ccn(CC2CC2)n1. The fourth-order valence-electron chi connectivity index (χ4n) is 1.80. The molecule has 1 saturated carbocycles. The van der Waals surface area contributed by atoms with Crippen LogP contribution < -0.4 is 5.73 Å². The molecule has 3 rings (SSSR count). The molecule has 18 heavy (non-hydrogen) atoms. The highest BCUT2D eigenvalue weighted by Crippen LogP contribution is 2.30. The van der Waals surface area contributed by atoms with Crippen LogP contribution in [-0.4, -0.2) is 25.5 Å². The summed E-state index contributed by atoms with van der Waals surface area (Å²) in [5.41, 5.74) is 6.34. The highest BCUT2D eigenvalue weighted by Gasteiger charge is 2.23. The van der Waals surface area contributed by atoms with Crippen molar-refractivity contribution >= 4 is 11.6 Å². The number of nitrogens with zero attached hydrogens (tertiary/aromatic N) is 4. The average Bonchev–Trinajstić information content (AvgIpc) is 3.05. The third-order valence-corrected chi connectivity index (χ3v) is 3.00. The van der Waals surface area contributed by atoms with E-state index in [1.165, 1.54) is 25.4 Å². The molecule has 1 fully saturated rings. The van der Waals surface area contributed by atoms with E-state index in [9.17, 15) is 4.79 Å². The number of anilines is 1. The fraction of sp³-hybridized carbons (Fsp3) is 0.333. The Morgan fingerprint density at radius 3 is 3.06 bits per heavy atom. The van der Waals surface area contributed by atoms with E-state index in [0.717, 1.165) is 12.5 Å². The Balaban J connectivity index is 1.83. The van der Waals surface area contributed by atoms with Gasteiger partial charge >= 0.3 is 0 Å². The Hall–Kier alpha value is -2.24. The van der Waals surface area contributed by atoms with E-state index in [4.69, 9.17) is 5.73 Å². The first-order valence-corrected chi connectivity index (χ1v) is 5.87. The first-order chi connectivity index (χ1) is 8.74. The molecule has 0 amide bonds. The largest absolute Gasteiger partial charge is 0.383 e. The van der Waals surface area contributed by atoms with Gasteiger partial charge in [0.2, 0.25) is 5.78 Å². The number of nitrogen functional groups attached to an aromatic ring is 1. The third kappa shape index (κ3) is 2.09. The van der Waals surface area contributed by atoms with Gasteiger partial charge in [0.05, 0.1) is 5.56 Å². The Kier molecular flexibility index (Phi) is 2.55. The molecule has 0 aliphatic heterocycles. The van der Waals surface area contributed by atoms with Crippen LogP contribution in [0.5, 0.6) is 0 Å². The molecular formula is C12H13N5O. The lowest BCUT2D eigenvalue weighted by Gasteiger charge is -2.00. The van der Waals surface area contributed by atoms with Crippen molar-refractivity contribution in [3.8, 4) is 0 Å². The molecule has 6 heteroatoms. The molecule has 0 spiro atoms. The van der Waals surface area contributed by atoms with E-state index in [2.05, 4.69) is 15.1 Å². The van der Waals surface area contributed by atoms with Crippen LogP contribution >= 0.6 is 0 Å². The van der Waals surface area contributed by atoms with Gasteiger partial charge in [0.1, 0.15) is 17.8 Å². The van der Waals surface area contributed by atoms with Gasteiger partial charge in [-0.2, -0.15) is 5.10 Å². The van der Waals surface area contributed by atoms with Crippen LogP contribution in [0.25, 0.3) is 0 Å². The molecule has 92 valence electrons. The summed E-state index contributed by atoms with van der Waals surface area (Å²) in [7, 11) is 0. The molecule has 0 unspecified atom stereocenters. The third-order valence-electron chi connectivity index (χ3n) is 3.00. The minimum Gasteiger partial charge on any atom is -0.383 e. The molecular weight excluding hydrogens is 230 g/mol. The van der Waals surface area contributed by atoms with Crippen LogP contribution in [0, 0.1) is 5.92 Å². The number of hydrogen-bond donors (Lipinski definition) is 1. The predicted octanol–water partition coefficient (Wildman–Crippen LogP) is 0.896. The second kappa shape index (κ2) is 4.21. The first kappa shape index (κ1) is 10.9. The van der Waals surface area contributed by atoms with Gasteiger partial charge in [-0.1, -0.05) is 0 Å². The van der Waals surface area contributed by atoms with Crippen LogP contribution in [0.4, 0.5) is 5.82 Å². The monoisotopic (exact) mass is 243 g/mol. The van der Waals surface area contributed by atoms with Crippen molar-refractivity contribution in [2.75, 3.05) is 5.73 Å². The van der Waals surface area contributed by atoms with Crippen molar-refractivity contribution < 1.29 is 4.79 Å². The van der Waals surface area contributed by atoms with E-state index in [1.54, 1.807) is 6.07 Å². The van der Waals surface area contributed by atoms with Gasteiger partial charge in [-0.25, -0.2) is 9.97 Å². The van der Waals surface area contributed by atoms with Gasteiger partial charge in [-0.15, -0.1) is 0 Å². The zero-order chi connectivity index (χ0) is 12.5. The number of carbonyl (C=O) groups excluding carboxylic acids is 1. The topological polar surface area (TPSA) is 86.7 Å². The average molecular weight is 243 g/mol. The molecule has 1 aliphatic rings. The number of hydrogen-bond acceptors (Lipinski definition) is 5. The van der Waals surface area contributed by atoms with Gasteiger partial charge in [0.15, 0.2) is 0 Å². The zero-order valence-corrected chi connectivity index (χ0v) is 9.78. The quantitative estimate of drug-likeness (QED) is 0.806. The van der Waals surface area contributed by atoms with E-state index in [0.29, 0.717) is 11.3 Å². The Bertz CT molecular complexity index is 588. The maximum absolute atomic E-state index is 12.1. The smallest absolute Gasteiger partial charge is 0.218 e. The lowest BCUT2D eigenvalue weighted by atomic mass is 10.1. The second-order valence-electron chi connectivity index (χ2n) is 4.52. The fourth-order valence-corrected chi connectivity index (χ4v) is 1.80. The number of ketones is 1. The van der Waals surface area contributed by atoms with E-state index >= 15 is 0 Å². The summed E-state index contributed by atoms with van der Waals surface area (Å²) in [5, 5.41) is 4.26. The number of carbonyl (C=O) groups is 1. The molecule has 0 bridgehead atoms. The predicted molar refractivity (Wildman–Crippen MR) is 64.8 cm³/mol. The summed E-state index contributed by atoms with van der Waals surface area (Å²) in [5.74, 6) is 0.673. The number of nitrogens with two attached hydrogens (primary N) is 1. The van der Waals surface area contributed by atoms with Crippen LogP contribution in [-0.2, 0) is 6.54 Å².